The first kappa shape index (κ1) is 10.5. The SMILES string of the molecule is NC(CCc1ccsc1)C1CCSC1. The quantitative estimate of drug-likeness (QED) is 0.856. The molecule has 1 nitrogen and oxygen atoms in total. The van der Waals surface area contributed by atoms with Gasteiger partial charge in [0.15, 0.2) is 0 Å². The predicted molar refractivity (Wildman–Crippen MR) is 66.0 cm³/mol. The second-order valence-corrected chi connectivity index (χ2v) is 5.89. The summed E-state index contributed by atoms with van der Waals surface area (Å²) in [6, 6.07) is 2.63. The fraction of sp³-hybridized carbons (Fsp3) is 0.636. The predicted octanol–water partition coefficient (Wildman–Crippen LogP) is 2.76. The van der Waals surface area contributed by atoms with Gasteiger partial charge in [0.25, 0.3) is 0 Å². The van der Waals surface area contributed by atoms with Crippen molar-refractivity contribution in [1.82, 2.24) is 0 Å². The molecule has 1 aromatic heterocycles. The van der Waals surface area contributed by atoms with Gasteiger partial charge in [0.05, 0.1) is 0 Å². The normalized spacial score (nSPS) is 23.9. The van der Waals surface area contributed by atoms with Gasteiger partial charge in [0.1, 0.15) is 0 Å². The standard InChI is InChI=1S/C11H17NS2/c12-11(10-4-6-14-8-10)2-1-9-3-5-13-7-9/h3,5,7,10-11H,1-2,4,6,8,12H2. The highest BCUT2D eigenvalue weighted by molar-refractivity contribution is 7.99. The lowest BCUT2D eigenvalue weighted by Crippen LogP contribution is -2.30. The number of hydrogen-bond acceptors (Lipinski definition) is 3. The van der Waals surface area contributed by atoms with E-state index in [9.17, 15) is 0 Å². The van der Waals surface area contributed by atoms with Crippen LogP contribution in [0.3, 0.4) is 0 Å². The Kier molecular flexibility index (Phi) is 3.90. The van der Waals surface area contributed by atoms with Crippen molar-refractivity contribution in [3.05, 3.63) is 22.4 Å². The van der Waals surface area contributed by atoms with E-state index in [-0.39, 0.29) is 0 Å². The van der Waals surface area contributed by atoms with E-state index in [1.54, 1.807) is 11.3 Å². The number of rotatable bonds is 4. The molecule has 2 unspecified atom stereocenters. The molecule has 1 fully saturated rings. The molecule has 2 heterocycles. The molecular formula is C11H17NS2. The van der Waals surface area contributed by atoms with Gasteiger partial charge in [-0.25, -0.2) is 0 Å². The van der Waals surface area contributed by atoms with Crippen LogP contribution in [-0.4, -0.2) is 17.5 Å². The number of thioether (sulfide) groups is 1. The topological polar surface area (TPSA) is 26.0 Å². The maximum absolute atomic E-state index is 6.19. The first-order valence-electron chi connectivity index (χ1n) is 5.20. The average Bonchev–Trinajstić information content (AvgIpc) is 2.87. The van der Waals surface area contributed by atoms with Gasteiger partial charge in [0, 0.05) is 6.04 Å². The van der Waals surface area contributed by atoms with E-state index >= 15 is 0 Å². The zero-order valence-electron chi connectivity index (χ0n) is 8.32. The van der Waals surface area contributed by atoms with E-state index in [1.807, 2.05) is 0 Å². The van der Waals surface area contributed by atoms with Crippen LogP contribution in [0.5, 0.6) is 0 Å². The van der Waals surface area contributed by atoms with Crippen molar-refractivity contribution >= 4 is 23.1 Å². The Morgan fingerprint density at radius 2 is 2.50 bits per heavy atom. The molecule has 1 aliphatic heterocycles. The van der Waals surface area contributed by atoms with E-state index in [0.717, 1.165) is 18.8 Å². The summed E-state index contributed by atoms with van der Waals surface area (Å²) in [5.74, 6) is 3.38. The molecule has 0 spiro atoms. The van der Waals surface area contributed by atoms with Crippen LogP contribution in [0.2, 0.25) is 0 Å². The second-order valence-electron chi connectivity index (χ2n) is 3.96. The lowest BCUT2D eigenvalue weighted by atomic mass is 9.95. The lowest BCUT2D eigenvalue weighted by Gasteiger charge is -2.17. The van der Waals surface area contributed by atoms with Crippen molar-refractivity contribution in [3.8, 4) is 0 Å². The molecule has 1 saturated heterocycles. The van der Waals surface area contributed by atoms with E-state index in [4.69, 9.17) is 5.73 Å². The minimum atomic E-state index is 0.421. The van der Waals surface area contributed by atoms with Gasteiger partial charge >= 0.3 is 0 Å². The van der Waals surface area contributed by atoms with Crippen LogP contribution in [0.1, 0.15) is 18.4 Å². The second kappa shape index (κ2) is 5.19. The maximum atomic E-state index is 6.19. The third-order valence-electron chi connectivity index (χ3n) is 2.92. The molecule has 2 atom stereocenters. The van der Waals surface area contributed by atoms with Gasteiger partial charge in [-0.3, -0.25) is 0 Å². The van der Waals surface area contributed by atoms with E-state index in [2.05, 4.69) is 28.6 Å². The third-order valence-corrected chi connectivity index (χ3v) is 4.84. The summed E-state index contributed by atoms with van der Waals surface area (Å²) in [6.45, 7) is 0. The van der Waals surface area contributed by atoms with Crippen molar-refractivity contribution < 1.29 is 0 Å². The van der Waals surface area contributed by atoms with Crippen LogP contribution in [0.15, 0.2) is 16.8 Å². The van der Waals surface area contributed by atoms with Crippen molar-refractivity contribution in [2.24, 2.45) is 11.7 Å². The first-order valence-corrected chi connectivity index (χ1v) is 7.30. The Balaban J connectivity index is 1.74. The molecule has 0 aliphatic carbocycles. The van der Waals surface area contributed by atoms with Gasteiger partial charge in [-0.2, -0.15) is 23.1 Å². The molecule has 0 bridgehead atoms. The fourth-order valence-corrected chi connectivity index (χ4v) is 3.95. The van der Waals surface area contributed by atoms with Crippen molar-refractivity contribution in [2.75, 3.05) is 11.5 Å². The van der Waals surface area contributed by atoms with E-state index in [1.165, 1.54) is 23.5 Å². The molecule has 1 aliphatic rings. The smallest absolute Gasteiger partial charge is 0.00785 e. The summed E-state index contributed by atoms with van der Waals surface area (Å²) in [5, 5.41) is 4.38. The molecule has 2 rings (SSSR count). The van der Waals surface area contributed by atoms with Gasteiger partial charge in [-0.1, -0.05) is 0 Å². The van der Waals surface area contributed by atoms with Crippen LogP contribution in [0, 0.1) is 5.92 Å². The molecule has 1 aromatic rings. The van der Waals surface area contributed by atoms with Gasteiger partial charge in [0.2, 0.25) is 0 Å². The summed E-state index contributed by atoms with van der Waals surface area (Å²) in [7, 11) is 0. The summed E-state index contributed by atoms with van der Waals surface area (Å²) in [5.41, 5.74) is 7.64. The zero-order chi connectivity index (χ0) is 9.80. The summed E-state index contributed by atoms with van der Waals surface area (Å²) in [4.78, 5) is 0. The molecule has 14 heavy (non-hydrogen) atoms. The summed E-state index contributed by atoms with van der Waals surface area (Å²) in [6.07, 6.45) is 3.64. The largest absolute Gasteiger partial charge is 0.327 e. The third kappa shape index (κ3) is 2.75. The average molecular weight is 227 g/mol. The molecule has 0 radical (unpaired) electrons. The molecule has 0 aromatic carbocycles. The fourth-order valence-electron chi connectivity index (χ4n) is 1.89. The first-order chi connectivity index (χ1) is 6.86. The Bertz CT molecular complexity index is 252. The minimum Gasteiger partial charge on any atom is -0.327 e. The van der Waals surface area contributed by atoms with Crippen LogP contribution in [-0.2, 0) is 6.42 Å². The van der Waals surface area contributed by atoms with Crippen molar-refractivity contribution in [1.29, 1.82) is 0 Å². The number of aryl methyl sites for hydroxylation is 1. The van der Waals surface area contributed by atoms with Crippen molar-refractivity contribution in [2.45, 2.75) is 25.3 Å². The Hall–Kier alpha value is 0.01000. The maximum Gasteiger partial charge on any atom is 0.00785 e. The monoisotopic (exact) mass is 227 g/mol. The summed E-state index contributed by atoms with van der Waals surface area (Å²) >= 11 is 3.83. The van der Waals surface area contributed by atoms with E-state index in [0.29, 0.717) is 6.04 Å². The molecule has 78 valence electrons. The molecule has 3 heteroatoms. The highest BCUT2D eigenvalue weighted by Crippen LogP contribution is 2.27. The highest BCUT2D eigenvalue weighted by atomic mass is 32.2. The summed E-state index contributed by atoms with van der Waals surface area (Å²) < 4.78 is 0. The molecule has 2 N–H and O–H groups in total. The van der Waals surface area contributed by atoms with Crippen molar-refractivity contribution in [3.63, 3.8) is 0 Å². The van der Waals surface area contributed by atoms with E-state index < -0.39 is 0 Å². The van der Waals surface area contributed by atoms with Gasteiger partial charge in [-0.15, -0.1) is 0 Å². The lowest BCUT2D eigenvalue weighted by molar-refractivity contribution is 0.440. The number of hydrogen-bond donors (Lipinski definition) is 1. The Morgan fingerprint density at radius 3 is 3.14 bits per heavy atom. The highest BCUT2D eigenvalue weighted by Gasteiger charge is 2.21. The zero-order valence-corrected chi connectivity index (χ0v) is 9.95. The van der Waals surface area contributed by atoms with Crippen LogP contribution < -0.4 is 5.73 Å². The Morgan fingerprint density at radius 1 is 1.57 bits per heavy atom. The van der Waals surface area contributed by atoms with Crippen LogP contribution >= 0.6 is 23.1 Å². The molecular weight excluding hydrogens is 210 g/mol. The molecule has 0 saturated carbocycles. The number of nitrogens with two attached hydrogens (primary N) is 1. The Labute approximate surface area is 94.1 Å². The van der Waals surface area contributed by atoms with Crippen LogP contribution in [0.4, 0.5) is 0 Å². The molecule has 0 amide bonds. The minimum absolute atomic E-state index is 0.421. The van der Waals surface area contributed by atoms with Crippen LogP contribution in [0.25, 0.3) is 0 Å². The number of thiophene rings is 1. The van der Waals surface area contributed by atoms with Gasteiger partial charge in [-0.05, 0) is 59.1 Å². The van der Waals surface area contributed by atoms with Gasteiger partial charge < -0.3 is 5.73 Å².